The Hall–Kier alpha value is -1.77. The molecule has 1 aromatic heterocycles. The lowest BCUT2D eigenvalue weighted by Gasteiger charge is -2.38. The minimum atomic E-state index is -4.41. The van der Waals surface area contributed by atoms with Gasteiger partial charge in [-0.15, -0.1) is 0 Å². The summed E-state index contributed by atoms with van der Waals surface area (Å²) in [7, 11) is 0. The molecular weight excluding hydrogens is 301 g/mol. The van der Waals surface area contributed by atoms with Crippen LogP contribution in [0.2, 0.25) is 0 Å². The summed E-state index contributed by atoms with van der Waals surface area (Å²) in [5.41, 5.74) is -2.42. The normalized spacial score (nSPS) is 25.5. The average Bonchev–Trinajstić information content (AvgIpc) is 2.46. The van der Waals surface area contributed by atoms with Gasteiger partial charge in [0.1, 0.15) is 11.4 Å². The standard InChI is InChI=1S/C13H17F3N4O2/c1-12(13(14,15)16)2-3-20-10(21)8-9(17-11(20)18-12)19-4-6-22-7-5-19/h8H,2-7H2,1H3,(H,17,18)/t12-/m0/s1. The second-order valence-electron chi connectivity index (χ2n) is 5.73. The van der Waals surface area contributed by atoms with Crippen LogP contribution in [0.4, 0.5) is 24.9 Å². The van der Waals surface area contributed by atoms with Crippen LogP contribution in [-0.4, -0.2) is 47.6 Å². The van der Waals surface area contributed by atoms with Crippen molar-refractivity contribution in [3.05, 3.63) is 16.4 Å². The number of alkyl halides is 3. The van der Waals surface area contributed by atoms with Gasteiger partial charge in [0.2, 0.25) is 5.95 Å². The maximum absolute atomic E-state index is 13.2. The van der Waals surface area contributed by atoms with Crippen LogP contribution in [0.15, 0.2) is 10.9 Å². The summed E-state index contributed by atoms with van der Waals surface area (Å²) in [4.78, 5) is 18.2. The molecule has 0 bridgehead atoms. The number of anilines is 2. The Balaban J connectivity index is 1.96. The van der Waals surface area contributed by atoms with Crippen LogP contribution >= 0.6 is 0 Å². The van der Waals surface area contributed by atoms with Crippen molar-refractivity contribution < 1.29 is 17.9 Å². The zero-order valence-electron chi connectivity index (χ0n) is 12.1. The lowest BCUT2D eigenvalue weighted by Crippen LogP contribution is -2.54. The van der Waals surface area contributed by atoms with E-state index in [9.17, 15) is 18.0 Å². The highest BCUT2D eigenvalue weighted by Crippen LogP contribution is 2.38. The number of hydrogen-bond acceptors (Lipinski definition) is 5. The fourth-order valence-corrected chi connectivity index (χ4v) is 2.62. The minimum absolute atomic E-state index is 0.00638. The third-order valence-corrected chi connectivity index (χ3v) is 4.18. The van der Waals surface area contributed by atoms with Crippen LogP contribution in [0.5, 0.6) is 0 Å². The fraction of sp³-hybridized carbons (Fsp3) is 0.692. The lowest BCUT2D eigenvalue weighted by molar-refractivity contribution is -0.178. The van der Waals surface area contributed by atoms with Gasteiger partial charge in [-0.2, -0.15) is 18.2 Å². The van der Waals surface area contributed by atoms with E-state index in [0.29, 0.717) is 32.1 Å². The highest BCUT2D eigenvalue weighted by molar-refractivity contribution is 5.46. The molecule has 0 unspecified atom stereocenters. The van der Waals surface area contributed by atoms with E-state index in [1.807, 2.05) is 4.90 Å². The molecule has 0 saturated carbocycles. The SMILES string of the molecule is C[C@@]1(C(F)(F)F)CCn2c(nc(N3CCOCC3)cc2=O)N1. The van der Waals surface area contributed by atoms with E-state index in [4.69, 9.17) is 4.74 Å². The maximum Gasteiger partial charge on any atom is 0.411 e. The van der Waals surface area contributed by atoms with Gasteiger partial charge in [-0.1, -0.05) is 0 Å². The quantitative estimate of drug-likeness (QED) is 0.844. The monoisotopic (exact) mass is 318 g/mol. The van der Waals surface area contributed by atoms with Crippen LogP contribution in [0.25, 0.3) is 0 Å². The molecule has 1 aromatic rings. The zero-order valence-corrected chi connectivity index (χ0v) is 12.1. The molecule has 1 atom stereocenters. The van der Waals surface area contributed by atoms with Gasteiger partial charge in [0.15, 0.2) is 0 Å². The molecule has 22 heavy (non-hydrogen) atoms. The summed E-state index contributed by atoms with van der Waals surface area (Å²) in [6, 6.07) is 1.37. The molecule has 0 spiro atoms. The Bertz CT molecular complexity index is 625. The predicted octanol–water partition coefficient (Wildman–Crippen LogP) is 1.22. The number of morpholine rings is 1. The smallest absolute Gasteiger partial charge is 0.378 e. The molecule has 2 aliphatic heterocycles. The van der Waals surface area contributed by atoms with Crippen molar-refractivity contribution in [2.45, 2.75) is 31.6 Å². The first-order valence-electron chi connectivity index (χ1n) is 7.10. The molecule has 0 radical (unpaired) electrons. The topological polar surface area (TPSA) is 59.4 Å². The van der Waals surface area contributed by atoms with Crippen molar-refractivity contribution >= 4 is 11.8 Å². The van der Waals surface area contributed by atoms with E-state index in [-0.39, 0.29) is 24.5 Å². The first-order valence-corrected chi connectivity index (χ1v) is 7.10. The number of fused-ring (bicyclic) bond motifs is 1. The van der Waals surface area contributed by atoms with Crippen molar-refractivity contribution in [2.24, 2.45) is 0 Å². The van der Waals surface area contributed by atoms with E-state index in [0.717, 1.165) is 6.92 Å². The lowest BCUT2D eigenvalue weighted by atomic mass is 9.95. The van der Waals surface area contributed by atoms with Crippen LogP contribution in [0, 0.1) is 0 Å². The van der Waals surface area contributed by atoms with Crippen LogP contribution in [0.3, 0.4) is 0 Å². The zero-order chi connectivity index (χ0) is 16.0. The van der Waals surface area contributed by atoms with Crippen molar-refractivity contribution in [3.8, 4) is 0 Å². The van der Waals surface area contributed by atoms with Gasteiger partial charge < -0.3 is 15.0 Å². The van der Waals surface area contributed by atoms with Gasteiger partial charge in [0.25, 0.3) is 5.56 Å². The van der Waals surface area contributed by atoms with Gasteiger partial charge in [0, 0.05) is 25.7 Å². The molecule has 0 amide bonds. The van der Waals surface area contributed by atoms with E-state index >= 15 is 0 Å². The number of nitrogens with zero attached hydrogens (tertiary/aromatic N) is 3. The first-order chi connectivity index (χ1) is 10.3. The maximum atomic E-state index is 13.2. The second-order valence-corrected chi connectivity index (χ2v) is 5.73. The summed E-state index contributed by atoms with van der Waals surface area (Å²) in [5.74, 6) is 0.360. The predicted molar refractivity (Wildman–Crippen MR) is 74.2 cm³/mol. The summed E-state index contributed by atoms with van der Waals surface area (Å²) < 4.78 is 46.0. The summed E-state index contributed by atoms with van der Waals surface area (Å²) in [6.45, 7) is 3.22. The Morgan fingerprint density at radius 2 is 2.00 bits per heavy atom. The van der Waals surface area contributed by atoms with E-state index in [1.165, 1.54) is 10.6 Å². The third-order valence-electron chi connectivity index (χ3n) is 4.18. The molecule has 2 aliphatic rings. The van der Waals surface area contributed by atoms with Crippen LogP contribution < -0.4 is 15.8 Å². The Labute approximate surface area is 124 Å². The van der Waals surface area contributed by atoms with Crippen LogP contribution in [0.1, 0.15) is 13.3 Å². The van der Waals surface area contributed by atoms with Gasteiger partial charge in [-0.25, -0.2) is 0 Å². The number of rotatable bonds is 1. The highest BCUT2D eigenvalue weighted by Gasteiger charge is 2.53. The first kappa shape index (κ1) is 15.1. The number of halogens is 3. The van der Waals surface area contributed by atoms with Crippen molar-refractivity contribution in [1.29, 1.82) is 0 Å². The second kappa shape index (κ2) is 5.15. The third kappa shape index (κ3) is 2.53. The number of aromatic nitrogens is 2. The molecule has 1 N–H and O–H groups in total. The Morgan fingerprint density at radius 1 is 1.32 bits per heavy atom. The van der Waals surface area contributed by atoms with Gasteiger partial charge in [-0.3, -0.25) is 9.36 Å². The molecular formula is C13H17F3N4O2. The molecule has 122 valence electrons. The van der Waals surface area contributed by atoms with E-state index in [2.05, 4.69) is 10.3 Å². The van der Waals surface area contributed by atoms with Crippen molar-refractivity contribution in [2.75, 3.05) is 36.5 Å². The van der Waals surface area contributed by atoms with Gasteiger partial charge in [-0.05, 0) is 13.3 Å². The highest BCUT2D eigenvalue weighted by atomic mass is 19.4. The molecule has 1 saturated heterocycles. The number of nitrogens with one attached hydrogen (secondary N) is 1. The Morgan fingerprint density at radius 3 is 2.64 bits per heavy atom. The molecule has 9 heteroatoms. The van der Waals surface area contributed by atoms with Crippen molar-refractivity contribution in [1.82, 2.24) is 9.55 Å². The molecule has 1 fully saturated rings. The molecule has 3 heterocycles. The fourth-order valence-electron chi connectivity index (χ4n) is 2.62. The number of hydrogen-bond donors (Lipinski definition) is 1. The molecule has 3 rings (SSSR count). The summed E-state index contributed by atoms with van der Waals surface area (Å²) in [6.07, 6.45) is -4.62. The number of ether oxygens (including phenoxy) is 1. The summed E-state index contributed by atoms with van der Waals surface area (Å²) in [5, 5.41) is 2.40. The largest absolute Gasteiger partial charge is 0.411 e. The van der Waals surface area contributed by atoms with Crippen LogP contribution in [-0.2, 0) is 11.3 Å². The van der Waals surface area contributed by atoms with Crippen molar-refractivity contribution in [3.63, 3.8) is 0 Å². The molecule has 0 aromatic carbocycles. The summed E-state index contributed by atoms with van der Waals surface area (Å²) >= 11 is 0. The molecule has 6 nitrogen and oxygen atoms in total. The van der Waals surface area contributed by atoms with Gasteiger partial charge in [0.05, 0.1) is 13.2 Å². The molecule has 0 aliphatic carbocycles. The van der Waals surface area contributed by atoms with E-state index < -0.39 is 11.7 Å². The minimum Gasteiger partial charge on any atom is -0.378 e. The Kier molecular flexibility index (Phi) is 3.54. The van der Waals surface area contributed by atoms with Gasteiger partial charge >= 0.3 is 6.18 Å². The average molecular weight is 318 g/mol. The van der Waals surface area contributed by atoms with E-state index in [1.54, 1.807) is 0 Å².